The Morgan fingerprint density at radius 1 is 1.00 bits per heavy atom. The summed E-state index contributed by atoms with van der Waals surface area (Å²) in [7, 11) is -0.620. The Morgan fingerprint density at radius 3 is 2.11 bits per heavy atom. The molecule has 0 radical (unpaired) electrons. The molecular weight excluding hydrogens is 364 g/mol. The van der Waals surface area contributed by atoms with E-state index in [2.05, 4.69) is 5.32 Å². The molecule has 0 saturated carbocycles. The molecule has 0 bridgehead atoms. The van der Waals surface area contributed by atoms with Gasteiger partial charge in [0, 0.05) is 5.69 Å². The van der Waals surface area contributed by atoms with Gasteiger partial charge in [0.05, 0.1) is 11.2 Å². The quantitative estimate of drug-likeness (QED) is 0.596. The van der Waals surface area contributed by atoms with Gasteiger partial charge in [-0.2, -0.15) is 0 Å². The molecule has 0 aliphatic carbocycles. The predicted octanol–water partition coefficient (Wildman–Crippen LogP) is 4.91. The van der Waals surface area contributed by atoms with Crippen LogP contribution in [-0.2, 0) is 14.0 Å². The minimum atomic E-state index is -0.620. The maximum atomic E-state index is 13.1. The standard InChI is InChI=1S/C20H23BFNO3S/c1-19(2)20(3,4)26-21(25-19)17(14-8-6-5-7-9-14)24-18(27)23-16-12-10-15(22)11-13-16/h5-13,17H,1-4H3,(H,23,27). The molecule has 27 heavy (non-hydrogen) atoms. The van der Waals surface area contributed by atoms with Crippen LogP contribution in [-0.4, -0.2) is 23.5 Å². The van der Waals surface area contributed by atoms with Crippen molar-refractivity contribution in [2.24, 2.45) is 0 Å². The van der Waals surface area contributed by atoms with Gasteiger partial charge < -0.3 is 19.4 Å². The van der Waals surface area contributed by atoms with Gasteiger partial charge in [-0.1, -0.05) is 30.3 Å². The lowest BCUT2D eigenvalue weighted by molar-refractivity contribution is 0.00578. The van der Waals surface area contributed by atoms with Crippen LogP contribution in [0.15, 0.2) is 54.6 Å². The van der Waals surface area contributed by atoms with Gasteiger partial charge in [0.15, 0.2) is 6.00 Å². The topological polar surface area (TPSA) is 39.7 Å². The zero-order chi connectivity index (χ0) is 19.7. The molecule has 1 N–H and O–H groups in total. The van der Waals surface area contributed by atoms with E-state index in [1.807, 2.05) is 58.0 Å². The number of halogens is 1. The van der Waals surface area contributed by atoms with Crippen molar-refractivity contribution in [3.05, 3.63) is 66.0 Å². The highest BCUT2D eigenvalue weighted by Gasteiger charge is 2.55. The van der Waals surface area contributed by atoms with Crippen LogP contribution in [0.1, 0.15) is 39.3 Å². The van der Waals surface area contributed by atoms with E-state index in [0.717, 1.165) is 5.56 Å². The molecule has 2 aromatic rings. The minimum absolute atomic E-state index is 0.158. The first kappa shape index (κ1) is 19.8. The summed E-state index contributed by atoms with van der Waals surface area (Å²) in [5.74, 6) is -0.313. The highest BCUT2D eigenvalue weighted by molar-refractivity contribution is 7.80. The summed E-state index contributed by atoms with van der Waals surface area (Å²) in [6.45, 7) is 7.96. The van der Waals surface area contributed by atoms with E-state index in [1.165, 1.54) is 12.1 Å². The highest BCUT2D eigenvalue weighted by Crippen LogP contribution is 2.41. The van der Waals surface area contributed by atoms with Crippen LogP contribution in [0.4, 0.5) is 10.1 Å². The molecule has 4 nitrogen and oxygen atoms in total. The van der Waals surface area contributed by atoms with Crippen LogP contribution in [0.2, 0.25) is 0 Å². The lowest BCUT2D eigenvalue weighted by atomic mass is 9.76. The first-order valence-corrected chi connectivity index (χ1v) is 9.22. The average molecular weight is 387 g/mol. The van der Waals surface area contributed by atoms with E-state index in [0.29, 0.717) is 5.69 Å². The third-order valence-corrected chi connectivity index (χ3v) is 5.17. The van der Waals surface area contributed by atoms with Crippen molar-refractivity contribution in [2.75, 3.05) is 5.32 Å². The molecular formula is C20H23BFNO3S. The Labute approximate surface area is 165 Å². The van der Waals surface area contributed by atoms with E-state index in [1.54, 1.807) is 12.1 Å². The SMILES string of the molecule is CC1(C)OB(C(OC(=S)Nc2ccc(F)cc2)c2ccccc2)OC1(C)C. The predicted molar refractivity (Wildman–Crippen MR) is 109 cm³/mol. The molecule has 1 saturated heterocycles. The van der Waals surface area contributed by atoms with Gasteiger partial charge >= 0.3 is 7.12 Å². The summed E-state index contributed by atoms with van der Waals surface area (Å²) < 4.78 is 31.4. The number of nitrogens with one attached hydrogen (secondary N) is 1. The van der Waals surface area contributed by atoms with E-state index < -0.39 is 24.3 Å². The van der Waals surface area contributed by atoms with Crippen LogP contribution in [0.5, 0.6) is 0 Å². The molecule has 1 fully saturated rings. The van der Waals surface area contributed by atoms with E-state index in [4.69, 9.17) is 26.3 Å². The minimum Gasteiger partial charge on any atom is -0.465 e. The van der Waals surface area contributed by atoms with Gasteiger partial charge in [-0.3, -0.25) is 0 Å². The van der Waals surface area contributed by atoms with E-state index in [9.17, 15) is 4.39 Å². The maximum Gasteiger partial charge on any atom is 0.506 e. The summed E-state index contributed by atoms with van der Waals surface area (Å²) in [6, 6.07) is 15.0. The fourth-order valence-corrected chi connectivity index (χ4v) is 2.95. The zero-order valence-electron chi connectivity index (χ0n) is 15.9. The number of hydrogen-bond acceptors (Lipinski definition) is 4. The molecule has 0 amide bonds. The molecule has 0 aromatic heterocycles. The average Bonchev–Trinajstić information content (AvgIpc) is 2.83. The third kappa shape index (κ3) is 4.48. The fraction of sp³-hybridized carbons (Fsp3) is 0.350. The second-order valence-corrected chi connectivity index (χ2v) is 7.86. The van der Waals surface area contributed by atoms with Crippen molar-refractivity contribution in [2.45, 2.75) is 44.9 Å². The van der Waals surface area contributed by atoms with Gasteiger partial charge in [0.25, 0.3) is 5.17 Å². The molecule has 0 spiro atoms. The van der Waals surface area contributed by atoms with Crippen LogP contribution in [0, 0.1) is 5.82 Å². The molecule has 142 valence electrons. The smallest absolute Gasteiger partial charge is 0.465 e. The van der Waals surface area contributed by atoms with E-state index in [-0.39, 0.29) is 11.0 Å². The van der Waals surface area contributed by atoms with Crippen molar-refractivity contribution >= 4 is 30.2 Å². The Hall–Kier alpha value is -1.96. The maximum absolute atomic E-state index is 13.1. The molecule has 7 heteroatoms. The zero-order valence-corrected chi connectivity index (χ0v) is 16.7. The summed E-state index contributed by atoms with van der Waals surface area (Å²) in [5, 5.41) is 3.12. The van der Waals surface area contributed by atoms with Gasteiger partial charge in [-0.05, 0) is 69.7 Å². The summed E-state index contributed by atoms with van der Waals surface area (Å²) in [4.78, 5) is 0. The van der Waals surface area contributed by atoms with Crippen LogP contribution in [0.25, 0.3) is 0 Å². The van der Waals surface area contributed by atoms with Crippen molar-refractivity contribution < 1.29 is 18.4 Å². The van der Waals surface area contributed by atoms with E-state index >= 15 is 0 Å². The fourth-order valence-electron chi connectivity index (χ4n) is 2.73. The second-order valence-electron chi connectivity index (χ2n) is 7.49. The summed E-state index contributed by atoms with van der Waals surface area (Å²) in [5.41, 5.74) is 0.557. The Bertz CT molecular complexity index is 783. The van der Waals surface area contributed by atoms with Crippen LogP contribution in [0.3, 0.4) is 0 Å². The molecule has 1 aliphatic rings. The Balaban J connectivity index is 1.79. The largest absolute Gasteiger partial charge is 0.506 e. The summed E-state index contributed by atoms with van der Waals surface area (Å²) in [6.07, 6.45) is 0. The molecule has 1 aliphatic heterocycles. The Kier molecular flexibility index (Phi) is 5.56. The van der Waals surface area contributed by atoms with Gasteiger partial charge in [0.2, 0.25) is 0 Å². The monoisotopic (exact) mass is 387 g/mol. The van der Waals surface area contributed by atoms with Crippen molar-refractivity contribution in [3.63, 3.8) is 0 Å². The molecule has 1 heterocycles. The number of anilines is 1. The lowest BCUT2D eigenvalue weighted by Crippen LogP contribution is -2.41. The van der Waals surface area contributed by atoms with Gasteiger partial charge in [-0.15, -0.1) is 0 Å². The van der Waals surface area contributed by atoms with Crippen molar-refractivity contribution in [1.82, 2.24) is 0 Å². The number of thiocarbonyl (C=S) groups is 1. The first-order valence-electron chi connectivity index (χ1n) is 8.82. The lowest BCUT2D eigenvalue weighted by Gasteiger charge is -2.32. The normalized spacial score (nSPS) is 18.8. The molecule has 1 atom stereocenters. The van der Waals surface area contributed by atoms with Crippen LogP contribution < -0.4 is 5.32 Å². The van der Waals surface area contributed by atoms with Gasteiger partial charge in [0.1, 0.15) is 5.82 Å². The molecule has 3 rings (SSSR count). The first-order chi connectivity index (χ1) is 12.7. The molecule has 1 unspecified atom stereocenters. The number of hydrogen-bond donors (Lipinski definition) is 1. The third-order valence-electron chi connectivity index (χ3n) is 4.97. The molecule has 2 aromatic carbocycles. The van der Waals surface area contributed by atoms with Crippen molar-refractivity contribution in [3.8, 4) is 0 Å². The summed E-state index contributed by atoms with van der Waals surface area (Å²) >= 11 is 5.36. The number of rotatable bonds is 4. The highest BCUT2D eigenvalue weighted by atomic mass is 32.1. The second kappa shape index (κ2) is 7.58. The van der Waals surface area contributed by atoms with Crippen LogP contribution >= 0.6 is 12.2 Å². The number of benzene rings is 2. The van der Waals surface area contributed by atoms with Crippen molar-refractivity contribution in [1.29, 1.82) is 0 Å². The number of ether oxygens (including phenoxy) is 1. The van der Waals surface area contributed by atoms with Gasteiger partial charge in [-0.25, -0.2) is 4.39 Å². The Morgan fingerprint density at radius 2 is 1.56 bits per heavy atom.